The summed E-state index contributed by atoms with van der Waals surface area (Å²) in [6.45, 7) is 0.375. The normalized spacial score (nSPS) is 21.7. The Bertz CT molecular complexity index is 369. The number of hydrogen-bond acceptors (Lipinski definition) is 3. The van der Waals surface area contributed by atoms with E-state index in [0.717, 1.165) is 6.20 Å². The number of carbonyl (C=O) groups excluding carboxylic acids is 1. The summed E-state index contributed by atoms with van der Waals surface area (Å²) in [5.41, 5.74) is 5.86. The molecule has 4 nitrogen and oxygen atoms in total. The lowest BCUT2D eigenvalue weighted by molar-refractivity contribution is -0.117. The largest absolute Gasteiger partial charge is 0.326 e. The lowest BCUT2D eigenvalue weighted by Gasteiger charge is -2.15. The molecule has 14 heavy (non-hydrogen) atoms. The van der Waals surface area contributed by atoms with Crippen LogP contribution in [0.2, 0.25) is 0 Å². The first-order valence-corrected chi connectivity index (χ1v) is 4.34. The Morgan fingerprint density at radius 1 is 1.64 bits per heavy atom. The molecule has 1 saturated heterocycles. The summed E-state index contributed by atoms with van der Waals surface area (Å²) >= 11 is 0. The highest BCUT2D eigenvalue weighted by Gasteiger charge is 2.29. The van der Waals surface area contributed by atoms with Gasteiger partial charge in [-0.1, -0.05) is 0 Å². The van der Waals surface area contributed by atoms with E-state index in [-0.39, 0.29) is 24.1 Å². The van der Waals surface area contributed by atoms with Gasteiger partial charge in [0.1, 0.15) is 0 Å². The topological polar surface area (TPSA) is 59.2 Å². The van der Waals surface area contributed by atoms with Crippen LogP contribution in [0.1, 0.15) is 6.42 Å². The number of nitrogens with two attached hydrogens (primary N) is 1. The summed E-state index contributed by atoms with van der Waals surface area (Å²) < 4.78 is 13.2. The molecule has 74 valence electrons. The number of rotatable bonds is 1. The van der Waals surface area contributed by atoms with Crippen LogP contribution in [0.3, 0.4) is 0 Å². The van der Waals surface area contributed by atoms with Gasteiger partial charge < -0.3 is 10.6 Å². The van der Waals surface area contributed by atoms with Crippen LogP contribution in [0.15, 0.2) is 18.5 Å². The lowest BCUT2D eigenvalue weighted by Crippen LogP contribution is -2.28. The third kappa shape index (κ3) is 1.46. The summed E-state index contributed by atoms with van der Waals surface area (Å²) in [5, 5.41) is 0. The van der Waals surface area contributed by atoms with Crippen molar-refractivity contribution in [3.8, 4) is 0 Å². The second kappa shape index (κ2) is 3.34. The predicted octanol–water partition coefficient (Wildman–Crippen LogP) is 0.285. The van der Waals surface area contributed by atoms with Gasteiger partial charge in [0.05, 0.1) is 11.9 Å². The zero-order chi connectivity index (χ0) is 10.1. The number of halogens is 1. The maximum Gasteiger partial charge on any atom is 0.228 e. The maximum absolute atomic E-state index is 13.2. The molecule has 1 aliphatic rings. The highest BCUT2D eigenvalue weighted by molar-refractivity contribution is 5.96. The molecule has 1 aromatic heterocycles. The second-order valence-corrected chi connectivity index (χ2v) is 3.30. The minimum atomic E-state index is -0.491. The highest BCUT2D eigenvalue weighted by atomic mass is 19.1. The quantitative estimate of drug-likeness (QED) is 0.700. The average molecular weight is 195 g/mol. The number of amides is 1. The zero-order valence-electron chi connectivity index (χ0n) is 7.48. The molecule has 1 unspecified atom stereocenters. The van der Waals surface area contributed by atoms with Crippen LogP contribution in [-0.4, -0.2) is 23.5 Å². The van der Waals surface area contributed by atoms with E-state index in [9.17, 15) is 9.18 Å². The fraction of sp³-hybridized carbons (Fsp3) is 0.333. The van der Waals surface area contributed by atoms with Gasteiger partial charge in [-0.05, 0) is 6.07 Å². The van der Waals surface area contributed by atoms with Crippen molar-refractivity contribution >= 4 is 11.6 Å². The molecule has 5 heteroatoms. The molecular formula is C9H10FN3O. The molecule has 1 atom stereocenters. The number of nitrogens with zero attached hydrogens (tertiary/aromatic N) is 2. The van der Waals surface area contributed by atoms with Gasteiger partial charge in [0, 0.05) is 25.2 Å². The number of carbonyl (C=O) groups is 1. The molecule has 2 rings (SSSR count). The molecule has 0 aliphatic carbocycles. The van der Waals surface area contributed by atoms with Crippen LogP contribution in [0.5, 0.6) is 0 Å². The lowest BCUT2D eigenvalue weighted by atomic mass is 10.3. The molecule has 0 spiro atoms. The molecule has 2 N–H and O–H groups in total. The van der Waals surface area contributed by atoms with Crippen molar-refractivity contribution in [2.45, 2.75) is 12.5 Å². The SMILES string of the molecule is NC1CC(=O)N(c2ccncc2F)C1. The molecular weight excluding hydrogens is 185 g/mol. The van der Waals surface area contributed by atoms with E-state index in [4.69, 9.17) is 5.73 Å². The number of aromatic nitrogens is 1. The Hall–Kier alpha value is -1.49. The molecule has 0 aromatic carbocycles. The van der Waals surface area contributed by atoms with Crippen LogP contribution < -0.4 is 10.6 Å². The second-order valence-electron chi connectivity index (χ2n) is 3.30. The van der Waals surface area contributed by atoms with Gasteiger partial charge in [0.2, 0.25) is 5.91 Å². The van der Waals surface area contributed by atoms with Crippen molar-refractivity contribution in [2.75, 3.05) is 11.4 Å². The summed E-state index contributed by atoms with van der Waals surface area (Å²) in [6, 6.07) is 1.28. The third-order valence-electron chi connectivity index (χ3n) is 2.20. The minimum absolute atomic E-state index is 0.136. The number of anilines is 1. The first-order chi connectivity index (χ1) is 6.68. The summed E-state index contributed by atoms with van der Waals surface area (Å²) in [6.07, 6.45) is 2.82. The zero-order valence-corrected chi connectivity index (χ0v) is 7.48. The Kier molecular flexibility index (Phi) is 2.17. The van der Waals surface area contributed by atoms with E-state index in [1.54, 1.807) is 0 Å². The van der Waals surface area contributed by atoms with E-state index in [1.807, 2.05) is 0 Å². The van der Waals surface area contributed by atoms with E-state index in [0.29, 0.717) is 6.54 Å². The van der Waals surface area contributed by atoms with Crippen molar-refractivity contribution in [2.24, 2.45) is 5.73 Å². The van der Waals surface area contributed by atoms with Gasteiger partial charge in [-0.15, -0.1) is 0 Å². The predicted molar refractivity (Wildman–Crippen MR) is 49.1 cm³/mol. The van der Waals surface area contributed by atoms with Crippen molar-refractivity contribution in [3.63, 3.8) is 0 Å². The molecule has 2 heterocycles. The molecule has 1 fully saturated rings. The Morgan fingerprint density at radius 2 is 2.43 bits per heavy atom. The van der Waals surface area contributed by atoms with Crippen LogP contribution >= 0.6 is 0 Å². The van der Waals surface area contributed by atoms with Crippen LogP contribution in [0.25, 0.3) is 0 Å². The van der Waals surface area contributed by atoms with Gasteiger partial charge in [0.25, 0.3) is 0 Å². The molecule has 1 aliphatic heterocycles. The first-order valence-electron chi connectivity index (χ1n) is 4.34. The van der Waals surface area contributed by atoms with Crippen LogP contribution in [-0.2, 0) is 4.79 Å². The molecule has 0 saturated carbocycles. The fourth-order valence-electron chi connectivity index (χ4n) is 1.55. The third-order valence-corrected chi connectivity index (χ3v) is 2.20. The Labute approximate surface area is 80.5 Å². The summed E-state index contributed by atoms with van der Waals surface area (Å²) in [5.74, 6) is -0.627. The van der Waals surface area contributed by atoms with Gasteiger partial charge in [-0.2, -0.15) is 0 Å². The summed E-state index contributed by atoms with van der Waals surface area (Å²) in [4.78, 5) is 16.4. The van der Waals surface area contributed by atoms with E-state index in [2.05, 4.69) is 4.98 Å². The van der Waals surface area contributed by atoms with E-state index in [1.165, 1.54) is 17.2 Å². The average Bonchev–Trinajstić information content (AvgIpc) is 2.46. The van der Waals surface area contributed by atoms with Crippen LogP contribution in [0.4, 0.5) is 10.1 Å². The van der Waals surface area contributed by atoms with Crippen molar-refractivity contribution in [3.05, 3.63) is 24.3 Å². The monoisotopic (exact) mass is 195 g/mol. The van der Waals surface area contributed by atoms with Gasteiger partial charge >= 0.3 is 0 Å². The van der Waals surface area contributed by atoms with Gasteiger partial charge in [-0.3, -0.25) is 9.78 Å². The minimum Gasteiger partial charge on any atom is -0.326 e. The maximum atomic E-state index is 13.2. The Morgan fingerprint density at radius 3 is 3.00 bits per heavy atom. The first kappa shape index (κ1) is 9.08. The molecule has 0 bridgehead atoms. The summed E-state index contributed by atoms with van der Waals surface area (Å²) in [7, 11) is 0. The van der Waals surface area contributed by atoms with Gasteiger partial charge in [0.15, 0.2) is 5.82 Å². The fourth-order valence-corrected chi connectivity index (χ4v) is 1.55. The van der Waals surface area contributed by atoms with E-state index >= 15 is 0 Å². The van der Waals surface area contributed by atoms with Crippen molar-refractivity contribution in [1.82, 2.24) is 4.98 Å². The number of pyridine rings is 1. The Balaban J connectivity index is 2.32. The number of hydrogen-bond donors (Lipinski definition) is 1. The van der Waals surface area contributed by atoms with Gasteiger partial charge in [-0.25, -0.2) is 4.39 Å². The van der Waals surface area contributed by atoms with Crippen molar-refractivity contribution < 1.29 is 9.18 Å². The molecule has 1 aromatic rings. The standard InChI is InChI=1S/C9H10FN3O/c10-7-4-12-2-1-8(7)13-5-6(11)3-9(13)14/h1-2,4,6H,3,5,11H2. The smallest absolute Gasteiger partial charge is 0.228 e. The van der Waals surface area contributed by atoms with Crippen molar-refractivity contribution in [1.29, 1.82) is 0 Å². The highest BCUT2D eigenvalue weighted by Crippen LogP contribution is 2.22. The van der Waals surface area contributed by atoms with E-state index < -0.39 is 5.82 Å². The molecule has 1 amide bonds. The van der Waals surface area contributed by atoms with Crippen LogP contribution in [0, 0.1) is 5.82 Å². The molecule has 0 radical (unpaired) electrons.